The Labute approximate surface area is 126 Å². The van der Waals surface area contributed by atoms with Gasteiger partial charge in [0, 0.05) is 17.1 Å². The van der Waals surface area contributed by atoms with E-state index >= 15 is 0 Å². The lowest BCUT2D eigenvalue weighted by Gasteiger charge is -2.08. The summed E-state index contributed by atoms with van der Waals surface area (Å²) in [6.07, 6.45) is 1.59. The molecule has 0 aromatic heterocycles. The Balaban J connectivity index is 2.92. The first-order valence-electron chi connectivity index (χ1n) is 6.17. The van der Waals surface area contributed by atoms with Crippen molar-refractivity contribution >= 4 is 31.6 Å². The van der Waals surface area contributed by atoms with Crippen molar-refractivity contribution in [1.82, 2.24) is 4.72 Å². The number of hydrogen-bond donors (Lipinski definition) is 1. The van der Waals surface area contributed by atoms with Crippen LogP contribution in [0.3, 0.4) is 0 Å². The fourth-order valence-electron chi connectivity index (χ4n) is 1.65. The predicted molar refractivity (Wildman–Crippen MR) is 80.1 cm³/mol. The summed E-state index contributed by atoms with van der Waals surface area (Å²) in [7, 11) is -3.88. The second-order valence-corrected chi connectivity index (χ2v) is 7.45. The zero-order valence-electron chi connectivity index (χ0n) is 11.3. The fraction of sp³-hybridized carbons (Fsp3) is 0.500. The third kappa shape index (κ3) is 4.84. The van der Waals surface area contributed by atoms with Crippen LogP contribution in [0.25, 0.3) is 0 Å². The Morgan fingerprint density at radius 2 is 2.05 bits per heavy atom. The number of halogens is 1. The molecule has 0 saturated carbocycles. The first-order valence-corrected chi connectivity index (χ1v) is 8.45. The molecule has 0 aliphatic carbocycles. The van der Waals surface area contributed by atoms with E-state index in [9.17, 15) is 18.5 Å². The molecule has 0 amide bonds. The maximum atomic E-state index is 12.1. The van der Waals surface area contributed by atoms with Crippen molar-refractivity contribution in [2.75, 3.05) is 6.54 Å². The topological polar surface area (TPSA) is 89.3 Å². The average molecular weight is 365 g/mol. The minimum absolute atomic E-state index is 0.268. The summed E-state index contributed by atoms with van der Waals surface area (Å²) < 4.78 is 27.1. The SMILES string of the molecule is CC(C)CCCNS(=O)(=O)c1cc(Br)ccc1[N+](=O)[O-]. The molecule has 8 heteroatoms. The second-order valence-electron chi connectivity index (χ2n) is 4.80. The number of rotatable bonds is 7. The van der Waals surface area contributed by atoms with E-state index in [2.05, 4.69) is 20.7 Å². The Morgan fingerprint density at radius 1 is 1.40 bits per heavy atom. The second kappa shape index (κ2) is 7.14. The Morgan fingerprint density at radius 3 is 2.60 bits per heavy atom. The zero-order chi connectivity index (χ0) is 15.3. The summed E-state index contributed by atoms with van der Waals surface area (Å²) in [4.78, 5) is 9.88. The van der Waals surface area contributed by atoms with Crippen LogP contribution in [0.2, 0.25) is 0 Å². The highest BCUT2D eigenvalue weighted by molar-refractivity contribution is 9.10. The molecule has 1 rings (SSSR count). The standard InChI is InChI=1S/C12H17BrN2O4S/c1-9(2)4-3-7-14-20(18,19)12-8-10(13)5-6-11(12)15(16)17/h5-6,8-9,14H,3-4,7H2,1-2H3. The van der Waals surface area contributed by atoms with Crippen molar-refractivity contribution in [3.63, 3.8) is 0 Å². The molecule has 0 aliphatic rings. The number of nitrogens with one attached hydrogen (secondary N) is 1. The van der Waals surface area contributed by atoms with Gasteiger partial charge in [0.1, 0.15) is 0 Å². The van der Waals surface area contributed by atoms with E-state index in [1.54, 1.807) is 0 Å². The van der Waals surface area contributed by atoms with Gasteiger partial charge in [-0.3, -0.25) is 10.1 Å². The number of sulfonamides is 1. The van der Waals surface area contributed by atoms with Gasteiger partial charge >= 0.3 is 0 Å². The lowest BCUT2D eigenvalue weighted by Crippen LogP contribution is -2.25. The molecule has 112 valence electrons. The molecule has 0 heterocycles. The fourth-order valence-corrected chi connectivity index (χ4v) is 3.43. The van der Waals surface area contributed by atoms with E-state index in [0.29, 0.717) is 16.8 Å². The summed E-state index contributed by atoms with van der Waals surface area (Å²) >= 11 is 3.12. The largest absolute Gasteiger partial charge is 0.289 e. The first-order chi connectivity index (χ1) is 9.24. The molecule has 0 atom stereocenters. The van der Waals surface area contributed by atoms with Gasteiger partial charge in [-0.25, -0.2) is 13.1 Å². The predicted octanol–water partition coefficient (Wildman–Crippen LogP) is 3.07. The summed E-state index contributed by atoms with van der Waals surface area (Å²) in [5.74, 6) is 0.486. The molecular weight excluding hydrogens is 348 g/mol. The summed E-state index contributed by atoms with van der Waals surface area (Å²) in [6, 6.07) is 3.85. The molecular formula is C12H17BrN2O4S. The van der Waals surface area contributed by atoms with Crippen LogP contribution in [0.1, 0.15) is 26.7 Å². The summed E-state index contributed by atoms with van der Waals surface area (Å²) in [5, 5.41) is 10.9. The first kappa shape index (κ1) is 17.1. The minimum Gasteiger partial charge on any atom is -0.258 e. The normalized spacial score (nSPS) is 11.8. The van der Waals surface area contributed by atoms with Gasteiger partial charge in [0.05, 0.1) is 4.92 Å². The zero-order valence-corrected chi connectivity index (χ0v) is 13.7. The Hall–Kier alpha value is -0.990. The molecule has 1 N–H and O–H groups in total. The maximum Gasteiger partial charge on any atom is 0.289 e. The molecule has 0 bridgehead atoms. The molecule has 1 aromatic carbocycles. The molecule has 0 fully saturated rings. The molecule has 0 unspecified atom stereocenters. The highest BCUT2D eigenvalue weighted by atomic mass is 79.9. The third-order valence-corrected chi connectivity index (χ3v) is 4.64. The number of nitro groups is 1. The van der Waals surface area contributed by atoms with Crippen LogP contribution in [0.15, 0.2) is 27.6 Å². The average Bonchev–Trinajstić information content (AvgIpc) is 2.34. The van der Waals surface area contributed by atoms with Crippen molar-refractivity contribution in [1.29, 1.82) is 0 Å². The third-order valence-electron chi connectivity index (χ3n) is 2.66. The van der Waals surface area contributed by atoms with Crippen molar-refractivity contribution in [3.05, 3.63) is 32.8 Å². The number of nitro benzene ring substituents is 1. The van der Waals surface area contributed by atoms with Crippen molar-refractivity contribution in [2.24, 2.45) is 5.92 Å². The highest BCUT2D eigenvalue weighted by Gasteiger charge is 2.25. The van der Waals surface area contributed by atoms with Crippen LogP contribution in [0.4, 0.5) is 5.69 Å². The van der Waals surface area contributed by atoms with Crippen LogP contribution in [0.5, 0.6) is 0 Å². The molecule has 0 spiro atoms. The quantitative estimate of drug-likeness (QED) is 0.457. The van der Waals surface area contributed by atoms with Gasteiger partial charge in [-0.2, -0.15) is 0 Å². The molecule has 1 aromatic rings. The monoisotopic (exact) mass is 364 g/mol. The van der Waals surface area contributed by atoms with Crippen LogP contribution < -0.4 is 4.72 Å². The van der Waals surface area contributed by atoms with Crippen LogP contribution in [0, 0.1) is 16.0 Å². The summed E-state index contributed by atoms with van der Waals surface area (Å²) in [5.41, 5.74) is -0.426. The summed E-state index contributed by atoms with van der Waals surface area (Å²) in [6.45, 7) is 4.37. The molecule has 0 radical (unpaired) electrons. The van der Waals surface area contributed by atoms with E-state index in [1.165, 1.54) is 18.2 Å². The van der Waals surface area contributed by atoms with E-state index in [-0.39, 0.29) is 11.4 Å². The Kier molecular flexibility index (Phi) is 6.09. The van der Waals surface area contributed by atoms with E-state index in [0.717, 1.165) is 6.42 Å². The van der Waals surface area contributed by atoms with E-state index < -0.39 is 20.6 Å². The highest BCUT2D eigenvalue weighted by Crippen LogP contribution is 2.27. The number of benzene rings is 1. The van der Waals surface area contributed by atoms with Crippen molar-refractivity contribution in [3.8, 4) is 0 Å². The van der Waals surface area contributed by atoms with E-state index in [1.807, 2.05) is 13.8 Å². The van der Waals surface area contributed by atoms with E-state index in [4.69, 9.17) is 0 Å². The number of hydrogen-bond acceptors (Lipinski definition) is 4. The van der Waals surface area contributed by atoms with Gasteiger partial charge < -0.3 is 0 Å². The van der Waals surface area contributed by atoms with Crippen molar-refractivity contribution in [2.45, 2.75) is 31.6 Å². The van der Waals surface area contributed by atoms with Gasteiger partial charge in [-0.1, -0.05) is 29.8 Å². The van der Waals surface area contributed by atoms with Crippen LogP contribution in [-0.4, -0.2) is 19.9 Å². The molecule has 6 nitrogen and oxygen atoms in total. The van der Waals surface area contributed by atoms with Gasteiger partial charge in [0.15, 0.2) is 4.90 Å². The van der Waals surface area contributed by atoms with Gasteiger partial charge in [-0.15, -0.1) is 0 Å². The number of nitrogens with zero attached hydrogens (tertiary/aromatic N) is 1. The molecule has 0 saturated heterocycles. The van der Waals surface area contributed by atoms with Gasteiger partial charge in [-0.05, 0) is 30.9 Å². The molecule has 20 heavy (non-hydrogen) atoms. The lowest BCUT2D eigenvalue weighted by atomic mass is 10.1. The minimum atomic E-state index is -3.88. The molecule has 0 aliphatic heterocycles. The maximum absolute atomic E-state index is 12.1. The lowest BCUT2D eigenvalue weighted by molar-refractivity contribution is -0.387. The Bertz CT molecular complexity index is 587. The van der Waals surface area contributed by atoms with Gasteiger partial charge in [0.2, 0.25) is 10.0 Å². The van der Waals surface area contributed by atoms with Crippen molar-refractivity contribution < 1.29 is 13.3 Å². The van der Waals surface area contributed by atoms with Crippen LogP contribution in [-0.2, 0) is 10.0 Å². The van der Waals surface area contributed by atoms with Gasteiger partial charge in [0.25, 0.3) is 5.69 Å². The van der Waals surface area contributed by atoms with Crippen LogP contribution >= 0.6 is 15.9 Å². The smallest absolute Gasteiger partial charge is 0.258 e.